The number of benzene rings is 3. The van der Waals surface area contributed by atoms with Crippen LogP contribution in [-0.4, -0.2) is 44.5 Å². The van der Waals surface area contributed by atoms with Crippen molar-refractivity contribution in [3.63, 3.8) is 0 Å². The van der Waals surface area contributed by atoms with Crippen molar-refractivity contribution in [2.45, 2.75) is 24.4 Å². The summed E-state index contributed by atoms with van der Waals surface area (Å²) in [5, 5.41) is 10.9. The van der Waals surface area contributed by atoms with Crippen molar-refractivity contribution in [1.29, 1.82) is 0 Å². The Kier molecular flexibility index (Phi) is 6.85. The van der Waals surface area contributed by atoms with Crippen molar-refractivity contribution in [1.82, 2.24) is 4.90 Å². The van der Waals surface area contributed by atoms with Crippen molar-refractivity contribution in [2.24, 2.45) is 0 Å². The molecule has 0 saturated carbocycles. The van der Waals surface area contributed by atoms with Gasteiger partial charge in [0, 0.05) is 6.54 Å². The molecule has 1 aliphatic rings. The maximum absolute atomic E-state index is 13.7. The SMILES string of the molecule is COC(=O)c1ccc([C@@H]2C(S(=O)(=O)c3ccc(C)cc3)=C(O)C(=O)N2Cc2ccc(OC)cc2)cc1. The Morgan fingerprint density at radius 1 is 0.944 bits per heavy atom. The van der Waals surface area contributed by atoms with E-state index in [1.165, 1.54) is 43.4 Å². The van der Waals surface area contributed by atoms with Gasteiger partial charge in [0.15, 0.2) is 5.76 Å². The smallest absolute Gasteiger partial charge is 0.337 e. The Bertz CT molecular complexity index is 1420. The number of aliphatic hydroxyl groups excluding tert-OH is 1. The van der Waals surface area contributed by atoms with Gasteiger partial charge in [0.25, 0.3) is 5.91 Å². The summed E-state index contributed by atoms with van der Waals surface area (Å²) in [5.74, 6) is -1.56. The lowest BCUT2D eigenvalue weighted by atomic mass is 10.0. The van der Waals surface area contributed by atoms with E-state index in [1.54, 1.807) is 48.5 Å². The predicted octanol–water partition coefficient (Wildman–Crippen LogP) is 4.12. The van der Waals surface area contributed by atoms with Crippen LogP contribution in [0.2, 0.25) is 0 Å². The summed E-state index contributed by atoms with van der Waals surface area (Å²) in [6.07, 6.45) is 0. The first-order valence-corrected chi connectivity index (χ1v) is 12.5. The van der Waals surface area contributed by atoms with E-state index in [0.717, 1.165) is 5.56 Å². The molecule has 0 bridgehead atoms. The van der Waals surface area contributed by atoms with Crippen LogP contribution in [0.3, 0.4) is 0 Å². The first-order chi connectivity index (χ1) is 17.2. The van der Waals surface area contributed by atoms with Crippen LogP contribution in [0.4, 0.5) is 0 Å². The van der Waals surface area contributed by atoms with Crippen molar-refractivity contribution in [3.8, 4) is 5.75 Å². The highest BCUT2D eigenvalue weighted by Crippen LogP contribution is 2.43. The van der Waals surface area contributed by atoms with Gasteiger partial charge in [0.05, 0.1) is 30.7 Å². The van der Waals surface area contributed by atoms with Crippen LogP contribution in [0, 0.1) is 6.92 Å². The summed E-state index contributed by atoms with van der Waals surface area (Å²) < 4.78 is 37.3. The fourth-order valence-electron chi connectivity index (χ4n) is 4.09. The number of sulfone groups is 1. The largest absolute Gasteiger partial charge is 0.502 e. The molecular formula is C27H25NO7S. The van der Waals surface area contributed by atoms with E-state index < -0.39 is 38.4 Å². The zero-order valence-corrected chi connectivity index (χ0v) is 20.8. The third-order valence-corrected chi connectivity index (χ3v) is 7.93. The van der Waals surface area contributed by atoms with Crippen LogP contribution in [-0.2, 0) is 25.9 Å². The normalized spacial score (nSPS) is 15.8. The van der Waals surface area contributed by atoms with Crippen LogP contribution in [0.25, 0.3) is 0 Å². The number of carbonyl (C=O) groups excluding carboxylic acids is 2. The van der Waals surface area contributed by atoms with Crippen LogP contribution < -0.4 is 4.74 Å². The second-order valence-corrected chi connectivity index (χ2v) is 10.2. The first kappa shape index (κ1) is 25.0. The van der Waals surface area contributed by atoms with Gasteiger partial charge in [-0.15, -0.1) is 0 Å². The monoisotopic (exact) mass is 507 g/mol. The maximum Gasteiger partial charge on any atom is 0.337 e. The molecule has 0 spiro atoms. The number of nitrogens with zero attached hydrogens (tertiary/aromatic N) is 1. The Balaban J connectivity index is 1.82. The van der Waals surface area contributed by atoms with E-state index in [2.05, 4.69) is 0 Å². The highest BCUT2D eigenvalue weighted by molar-refractivity contribution is 7.95. The third-order valence-electron chi connectivity index (χ3n) is 6.04. The lowest BCUT2D eigenvalue weighted by Gasteiger charge is -2.27. The summed E-state index contributed by atoms with van der Waals surface area (Å²) >= 11 is 0. The molecule has 186 valence electrons. The molecule has 8 nitrogen and oxygen atoms in total. The molecule has 36 heavy (non-hydrogen) atoms. The van der Waals surface area contributed by atoms with Gasteiger partial charge in [-0.1, -0.05) is 42.0 Å². The van der Waals surface area contributed by atoms with Gasteiger partial charge in [-0.3, -0.25) is 4.79 Å². The molecule has 1 amide bonds. The number of hydrogen-bond acceptors (Lipinski definition) is 7. The summed E-state index contributed by atoms with van der Waals surface area (Å²) in [4.78, 5) is 26.0. The second kappa shape index (κ2) is 9.87. The Hall–Kier alpha value is -4.11. The average Bonchev–Trinajstić information content (AvgIpc) is 3.14. The fourth-order valence-corrected chi connectivity index (χ4v) is 5.74. The molecule has 0 unspecified atom stereocenters. The fraction of sp³-hybridized carbons (Fsp3) is 0.185. The lowest BCUT2D eigenvalue weighted by Crippen LogP contribution is -2.30. The average molecular weight is 508 g/mol. The van der Waals surface area contributed by atoms with Gasteiger partial charge in [-0.05, 0) is 54.4 Å². The molecule has 1 heterocycles. The minimum atomic E-state index is -4.25. The zero-order chi connectivity index (χ0) is 26.0. The van der Waals surface area contributed by atoms with E-state index in [4.69, 9.17) is 9.47 Å². The van der Waals surface area contributed by atoms with Gasteiger partial charge in [0.2, 0.25) is 9.84 Å². The third kappa shape index (κ3) is 4.57. The summed E-state index contributed by atoms with van der Waals surface area (Å²) in [6, 6.07) is 18.1. The maximum atomic E-state index is 13.7. The van der Waals surface area contributed by atoms with Gasteiger partial charge >= 0.3 is 5.97 Å². The van der Waals surface area contributed by atoms with E-state index in [0.29, 0.717) is 16.9 Å². The minimum Gasteiger partial charge on any atom is -0.502 e. The van der Waals surface area contributed by atoms with E-state index in [9.17, 15) is 23.1 Å². The van der Waals surface area contributed by atoms with Crippen LogP contribution >= 0.6 is 0 Å². The van der Waals surface area contributed by atoms with E-state index >= 15 is 0 Å². The van der Waals surface area contributed by atoms with Crippen LogP contribution in [0.1, 0.15) is 33.1 Å². The summed E-state index contributed by atoms with van der Waals surface area (Å²) in [5.41, 5.74) is 2.26. The molecule has 0 fully saturated rings. The molecule has 0 aliphatic carbocycles. The quantitative estimate of drug-likeness (QED) is 0.479. The molecule has 4 rings (SSSR count). The van der Waals surface area contributed by atoms with Crippen molar-refractivity contribution in [2.75, 3.05) is 14.2 Å². The predicted molar refractivity (Wildman–Crippen MR) is 132 cm³/mol. The summed E-state index contributed by atoms with van der Waals surface area (Å²) in [6.45, 7) is 1.86. The first-order valence-electron chi connectivity index (χ1n) is 11.0. The second-order valence-electron chi connectivity index (χ2n) is 8.33. The van der Waals surface area contributed by atoms with Crippen molar-refractivity contribution < 1.29 is 32.6 Å². The van der Waals surface area contributed by atoms with Crippen molar-refractivity contribution in [3.05, 3.63) is 106 Å². The molecule has 0 aromatic heterocycles. The van der Waals surface area contributed by atoms with Gasteiger partial charge in [0.1, 0.15) is 10.7 Å². The van der Waals surface area contributed by atoms with E-state index in [1.807, 2.05) is 6.92 Å². The molecule has 0 saturated heterocycles. The summed E-state index contributed by atoms with van der Waals surface area (Å²) in [7, 11) is -1.45. The van der Waals surface area contributed by atoms with Crippen molar-refractivity contribution >= 4 is 21.7 Å². The van der Waals surface area contributed by atoms with Gasteiger partial charge in [-0.2, -0.15) is 0 Å². The number of hydrogen-bond donors (Lipinski definition) is 1. The molecule has 3 aromatic rings. The Labute approximate surface area is 209 Å². The molecule has 1 N–H and O–H groups in total. The Morgan fingerprint density at radius 2 is 1.56 bits per heavy atom. The lowest BCUT2D eigenvalue weighted by molar-refractivity contribution is -0.130. The molecular weight excluding hydrogens is 482 g/mol. The molecule has 0 radical (unpaired) electrons. The molecule has 1 atom stereocenters. The van der Waals surface area contributed by atoms with Gasteiger partial charge in [-0.25, -0.2) is 13.2 Å². The highest BCUT2D eigenvalue weighted by Gasteiger charge is 2.46. The van der Waals surface area contributed by atoms with Crippen LogP contribution in [0.5, 0.6) is 5.75 Å². The number of methoxy groups -OCH3 is 2. The standard InChI is InChI=1S/C27H25NO7S/c1-17-4-14-22(15-5-17)36(32,33)25-23(19-8-10-20(11-9-19)27(31)35-3)28(26(30)24(25)29)16-18-6-12-21(34-2)13-7-18/h4-15,23,29H,16H2,1-3H3/t23-/m1/s1. The number of ether oxygens (including phenoxy) is 2. The number of carbonyl (C=O) groups is 2. The minimum absolute atomic E-state index is 0.0310. The highest BCUT2D eigenvalue weighted by atomic mass is 32.2. The molecule has 3 aromatic carbocycles. The van der Waals surface area contributed by atoms with Crippen LogP contribution in [0.15, 0.2) is 88.4 Å². The Morgan fingerprint density at radius 3 is 2.11 bits per heavy atom. The molecule has 9 heteroatoms. The van der Waals surface area contributed by atoms with Gasteiger partial charge < -0.3 is 19.5 Å². The number of aliphatic hydroxyl groups is 1. The topological polar surface area (TPSA) is 110 Å². The number of rotatable bonds is 7. The zero-order valence-electron chi connectivity index (χ0n) is 20.0. The number of esters is 1. The molecule has 1 aliphatic heterocycles. The van der Waals surface area contributed by atoms with E-state index in [-0.39, 0.29) is 17.0 Å². The number of amides is 1. The number of aryl methyl sites for hydroxylation is 1.